The van der Waals surface area contributed by atoms with E-state index in [1.54, 1.807) is 17.0 Å². The number of amides is 2. The Morgan fingerprint density at radius 2 is 1.77 bits per heavy atom. The molecule has 1 saturated carbocycles. The Bertz CT molecular complexity index is 894. The summed E-state index contributed by atoms with van der Waals surface area (Å²) in [5.41, 5.74) is 1.26. The number of hydrogen-bond donors (Lipinski definition) is 1. The largest absolute Gasteiger partial charge is 0.493 e. The van der Waals surface area contributed by atoms with Gasteiger partial charge in [-0.1, -0.05) is 0 Å². The van der Waals surface area contributed by atoms with Gasteiger partial charge < -0.3 is 24.4 Å². The van der Waals surface area contributed by atoms with Crippen LogP contribution in [-0.4, -0.2) is 56.1 Å². The van der Waals surface area contributed by atoms with Crippen LogP contribution >= 0.6 is 11.3 Å². The van der Waals surface area contributed by atoms with Crippen LogP contribution in [0.25, 0.3) is 0 Å². The van der Waals surface area contributed by atoms with Crippen LogP contribution in [-0.2, 0) is 4.79 Å². The Balaban J connectivity index is 1.80. The number of hydrogen-bond acceptors (Lipinski definition) is 7. The minimum atomic E-state index is -0.273. The molecule has 0 atom stereocenters. The standard InChI is InChI=1S/C21H27N3O5S/c1-12-13(2)30-21(22-12)23-18(25)11-24(10-14-6-7-14)20(26)15-8-16(27-3)19(29-5)17(9-15)28-4/h8-9,14H,6-7,10-11H2,1-5H3,(H,22,23,25). The number of methoxy groups -OCH3 is 3. The molecule has 1 aromatic heterocycles. The van der Waals surface area contributed by atoms with Crippen molar-refractivity contribution < 1.29 is 23.8 Å². The highest BCUT2D eigenvalue weighted by Gasteiger charge is 2.30. The van der Waals surface area contributed by atoms with Crippen molar-refractivity contribution in [3.8, 4) is 17.2 Å². The van der Waals surface area contributed by atoms with E-state index in [2.05, 4.69) is 10.3 Å². The molecule has 0 unspecified atom stereocenters. The van der Waals surface area contributed by atoms with Crippen molar-refractivity contribution in [3.05, 3.63) is 28.3 Å². The zero-order chi connectivity index (χ0) is 21.8. The Hall–Kier alpha value is -2.81. The predicted molar refractivity (Wildman–Crippen MR) is 115 cm³/mol. The first-order valence-electron chi connectivity index (χ1n) is 9.69. The first kappa shape index (κ1) is 21.9. The maximum absolute atomic E-state index is 13.3. The minimum absolute atomic E-state index is 0.0519. The number of aryl methyl sites for hydroxylation is 2. The number of nitrogens with zero attached hydrogens (tertiary/aromatic N) is 2. The molecule has 1 aliphatic carbocycles. The molecule has 0 radical (unpaired) electrons. The van der Waals surface area contributed by atoms with Crippen LogP contribution in [0.15, 0.2) is 12.1 Å². The molecule has 162 valence electrons. The van der Waals surface area contributed by atoms with E-state index in [1.165, 1.54) is 32.7 Å². The molecule has 0 aliphatic heterocycles. The van der Waals surface area contributed by atoms with Gasteiger partial charge in [-0.3, -0.25) is 9.59 Å². The molecule has 8 nitrogen and oxygen atoms in total. The highest BCUT2D eigenvalue weighted by Crippen LogP contribution is 2.39. The molecule has 2 aromatic rings. The number of rotatable bonds is 9. The molecule has 1 aromatic carbocycles. The summed E-state index contributed by atoms with van der Waals surface area (Å²) in [5.74, 6) is 1.09. The summed E-state index contributed by atoms with van der Waals surface area (Å²) in [5, 5.41) is 3.35. The van der Waals surface area contributed by atoms with Crippen molar-refractivity contribution >= 4 is 28.3 Å². The van der Waals surface area contributed by atoms with Gasteiger partial charge in [0.25, 0.3) is 5.91 Å². The highest BCUT2D eigenvalue weighted by atomic mass is 32.1. The van der Waals surface area contributed by atoms with Crippen LogP contribution < -0.4 is 19.5 Å². The normalized spacial score (nSPS) is 13.0. The van der Waals surface area contributed by atoms with E-state index >= 15 is 0 Å². The summed E-state index contributed by atoms with van der Waals surface area (Å²) in [6.45, 7) is 4.33. The van der Waals surface area contributed by atoms with Gasteiger partial charge in [0.05, 0.1) is 27.0 Å². The third kappa shape index (κ3) is 5.02. The van der Waals surface area contributed by atoms with E-state index in [9.17, 15) is 9.59 Å². The minimum Gasteiger partial charge on any atom is -0.493 e. The average molecular weight is 434 g/mol. The van der Waals surface area contributed by atoms with Gasteiger partial charge in [-0.15, -0.1) is 11.3 Å². The quantitative estimate of drug-likeness (QED) is 0.653. The molecular weight excluding hydrogens is 406 g/mol. The highest BCUT2D eigenvalue weighted by molar-refractivity contribution is 7.15. The van der Waals surface area contributed by atoms with Gasteiger partial charge >= 0.3 is 0 Å². The molecule has 0 bridgehead atoms. The molecule has 1 heterocycles. The molecule has 1 N–H and O–H groups in total. The molecule has 0 saturated heterocycles. The second kappa shape index (κ2) is 9.34. The van der Waals surface area contributed by atoms with Crippen LogP contribution in [0.2, 0.25) is 0 Å². The van der Waals surface area contributed by atoms with E-state index in [0.29, 0.717) is 40.4 Å². The van der Waals surface area contributed by atoms with Crippen LogP contribution in [0, 0.1) is 19.8 Å². The van der Waals surface area contributed by atoms with Gasteiger partial charge in [0.1, 0.15) is 6.54 Å². The number of benzene rings is 1. The molecule has 3 rings (SSSR count). The van der Waals surface area contributed by atoms with E-state index in [0.717, 1.165) is 23.4 Å². The summed E-state index contributed by atoms with van der Waals surface area (Å²) in [6.07, 6.45) is 2.12. The van der Waals surface area contributed by atoms with Gasteiger partial charge in [0, 0.05) is 17.0 Å². The molecular formula is C21H27N3O5S. The van der Waals surface area contributed by atoms with Crippen LogP contribution in [0.1, 0.15) is 33.8 Å². The van der Waals surface area contributed by atoms with Gasteiger partial charge in [0.2, 0.25) is 11.7 Å². The summed E-state index contributed by atoms with van der Waals surface area (Å²) < 4.78 is 16.0. The van der Waals surface area contributed by atoms with Crippen LogP contribution in [0.5, 0.6) is 17.2 Å². The van der Waals surface area contributed by atoms with Crippen molar-refractivity contribution in [1.29, 1.82) is 0 Å². The van der Waals surface area contributed by atoms with Crippen LogP contribution in [0.4, 0.5) is 5.13 Å². The Morgan fingerprint density at radius 1 is 1.13 bits per heavy atom. The predicted octanol–water partition coefficient (Wildman–Crippen LogP) is 3.28. The molecule has 9 heteroatoms. The third-order valence-corrected chi connectivity index (χ3v) is 5.97. The SMILES string of the molecule is COc1cc(C(=O)N(CC(=O)Nc2nc(C)c(C)s2)CC2CC2)cc(OC)c1OC. The lowest BCUT2D eigenvalue weighted by atomic mass is 10.1. The first-order chi connectivity index (χ1) is 14.4. The Kier molecular flexibility index (Phi) is 6.81. The second-order valence-corrected chi connectivity index (χ2v) is 8.46. The molecule has 0 spiro atoms. The lowest BCUT2D eigenvalue weighted by Crippen LogP contribution is -2.39. The lowest BCUT2D eigenvalue weighted by Gasteiger charge is -2.23. The van der Waals surface area contributed by atoms with Crippen molar-refractivity contribution in [2.24, 2.45) is 5.92 Å². The van der Waals surface area contributed by atoms with Gasteiger partial charge in [-0.2, -0.15) is 0 Å². The number of aromatic nitrogens is 1. The summed E-state index contributed by atoms with van der Waals surface area (Å²) >= 11 is 1.42. The number of carbonyl (C=O) groups is 2. The number of thiazole rings is 1. The number of ether oxygens (including phenoxy) is 3. The zero-order valence-electron chi connectivity index (χ0n) is 17.9. The fourth-order valence-electron chi connectivity index (χ4n) is 3.08. The number of anilines is 1. The summed E-state index contributed by atoms with van der Waals surface area (Å²) in [6, 6.07) is 3.21. The monoisotopic (exact) mass is 433 g/mol. The van der Waals surface area contributed by atoms with Crippen molar-refractivity contribution in [2.45, 2.75) is 26.7 Å². The molecule has 30 heavy (non-hydrogen) atoms. The molecule has 1 fully saturated rings. The van der Waals surface area contributed by atoms with Crippen LogP contribution in [0.3, 0.4) is 0 Å². The van der Waals surface area contributed by atoms with E-state index < -0.39 is 0 Å². The lowest BCUT2D eigenvalue weighted by molar-refractivity contribution is -0.116. The summed E-state index contributed by atoms with van der Waals surface area (Å²) in [4.78, 5) is 32.8. The molecule has 2 amide bonds. The maximum atomic E-state index is 13.3. The van der Waals surface area contributed by atoms with E-state index in [4.69, 9.17) is 14.2 Å². The van der Waals surface area contributed by atoms with Gasteiger partial charge in [-0.05, 0) is 44.7 Å². The third-order valence-electron chi connectivity index (χ3n) is 4.98. The first-order valence-corrected chi connectivity index (χ1v) is 10.5. The fraction of sp³-hybridized carbons (Fsp3) is 0.476. The summed E-state index contributed by atoms with van der Waals surface area (Å²) in [7, 11) is 4.51. The van der Waals surface area contributed by atoms with E-state index in [-0.39, 0.29) is 18.4 Å². The molecule has 1 aliphatic rings. The van der Waals surface area contributed by atoms with Crippen molar-refractivity contribution in [2.75, 3.05) is 39.7 Å². The Morgan fingerprint density at radius 3 is 2.23 bits per heavy atom. The Labute approximate surface area is 180 Å². The van der Waals surface area contributed by atoms with Crippen molar-refractivity contribution in [3.63, 3.8) is 0 Å². The number of carbonyl (C=O) groups excluding carboxylic acids is 2. The fourth-order valence-corrected chi connectivity index (χ4v) is 3.91. The van der Waals surface area contributed by atoms with E-state index in [1.807, 2.05) is 13.8 Å². The topological polar surface area (TPSA) is 90.0 Å². The van der Waals surface area contributed by atoms with Gasteiger partial charge in [0.15, 0.2) is 16.6 Å². The van der Waals surface area contributed by atoms with Crippen molar-refractivity contribution in [1.82, 2.24) is 9.88 Å². The zero-order valence-corrected chi connectivity index (χ0v) is 18.7. The second-order valence-electron chi connectivity index (χ2n) is 7.25. The average Bonchev–Trinajstić information content (AvgIpc) is 3.49. The smallest absolute Gasteiger partial charge is 0.254 e. The maximum Gasteiger partial charge on any atom is 0.254 e. The number of nitrogens with one attached hydrogen (secondary N) is 1. The van der Waals surface area contributed by atoms with Gasteiger partial charge in [-0.25, -0.2) is 4.98 Å².